The van der Waals surface area contributed by atoms with Crippen molar-refractivity contribution in [2.45, 2.75) is 68.5 Å². The maximum atomic E-state index is 11.9. The molecule has 2 N–H and O–H groups in total. The minimum Gasteiger partial charge on any atom is -0.444 e. The van der Waals surface area contributed by atoms with Crippen molar-refractivity contribution >= 4 is 34.7 Å². The lowest BCUT2D eigenvalue weighted by Gasteiger charge is -2.32. The second-order valence-electron chi connectivity index (χ2n) is 10.0. The first-order chi connectivity index (χ1) is 18.1. The highest BCUT2D eigenvalue weighted by Crippen LogP contribution is 2.40. The van der Waals surface area contributed by atoms with Gasteiger partial charge in [0.25, 0.3) is 0 Å². The zero-order valence-electron chi connectivity index (χ0n) is 21.0. The average molecular weight is 518 g/mol. The zero-order valence-corrected chi connectivity index (χ0v) is 21.8. The number of fused-ring (bicyclic) bond motifs is 2. The monoisotopic (exact) mass is 517 g/mol. The van der Waals surface area contributed by atoms with Gasteiger partial charge in [0, 0.05) is 31.5 Å². The number of likely N-dealkylation sites (tertiary alicyclic amines) is 1. The lowest BCUT2D eigenvalue weighted by molar-refractivity contribution is -0.130. The van der Waals surface area contributed by atoms with Crippen LogP contribution in [0.5, 0.6) is 0 Å². The molecule has 4 heterocycles. The molecule has 37 heavy (non-hydrogen) atoms. The standard InChI is InChI=1S/C27H31N7O2S/c1-17(35)33-10-4-5-18(15-33)8-11-34-25-23(24(28)30-16-31-25)32-27(34)37-22-14-20-7-3-2-6-19(20)13-21(22)26-29-9-12-36-26/h9,12-14,16,18H,2-8,10-11,15H2,1H3,(H2,28,30,31). The third kappa shape index (κ3) is 4.82. The SMILES string of the molecule is CC(=O)N1CCCC(CCn2c(Sc3cc4c(cc3-c3ncco3)CCCC4)nc3c(N)ncnc32)C1. The Bertz CT molecular complexity index is 1430. The molecule has 192 valence electrons. The van der Waals surface area contributed by atoms with Crippen molar-refractivity contribution in [3.63, 3.8) is 0 Å². The number of imidazole rings is 1. The Labute approximate surface area is 219 Å². The summed E-state index contributed by atoms with van der Waals surface area (Å²) < 4.78 is 7.88. The summed E-state index contributed by atoms with van der Waals surface area (Å²) in [6.07, 6.45) is 12.5. The van der Waals surface area contributed by atoms with Crippen molar-refractivity contribution in [3.05, 3.63) is 42.0 Å². The molecule has 1 atom stereocenters. The van der Waals surface area contributed by atoms with Crippen molar-refractivity contribution in [3.8, 4) is 11.5 Å². The molecule has 0 spiro atoms. The Kier molecular flexibility index (Phi) is 6.58. The lowest BCUT2D eigenvalue weighted by Crippen LogP contribution is -2.38. The zero-order chi connectivity index (χ0) is 25.4. The first kappa shape index (κ1) is 24.0. The van der Waals surface area contributed by atoms with Crippen LogP contribution in [-0.4, -0.2) is 48.4 Å². The Balaban J connectivity index is 1.36. The van der Waals surface area contributed by atoms with Crippen LogP contribution in [0.4, 0.5) is 5.82 Å². The summed E-state index contributed by atoms with van der Waals surface area (Å²) in [7, 11) is 0. The molecule has 1 unspecified atom stereocenters. The molecule has 9 nitrogen and oxygen atoms in total. The summed E-state index contributed by atoms with van der Waals surface area (Å²) >= 11 is 1.60. The molecule has 1 saturated heterocycles. The van der Waals surface area contributed by atoms with E-state index in [1.165, 1.54) is 30.3 Å². The lowest BCUT2D eigenvalue weighted by atomic mass is 9.90. The topological polar surface area (TPSA) is 116 Å². The molecule has 6 rings (SSSR count). The van der Waals surface area contributed by atoms with Gasteiger partial charge in [-0.25, -0.2) is 19.9 Å². The number of aryl methyl sites for hydroxylation is 3. The predicted octanol–water partition coefficient (Wildman–Crippen LogP) is 4.74. The van der Waals surface area contributed by atoms with Gasteiger partial charge in [-0.05, 0) is 74.1 Å². The number of carbonyl (C=O) groups is 1. The molecule has 3 aromatic heterocycles. The van der Waals surface area contributed by atoms with Crippen molar-refractivity contribution in [1.29, 1.82) is 0 Å². The van der Waals surface area contributed by atoms with E-state index in [1.54, 1.807) is 31.1 Å². The highest BCUT2D eigenvalue weighted by Gasteiger charge is 2.24. The first-order valence-corrected chi connectivity index (χ1v) is 13.8. The Morgan fingerprint density at radius 3 is 2.78 bits per heavy atom. The Morgan fingerprint density at radius 2 is 2.00 bits per heavy atom. The largest absolute Gasteiger partial charge is 0.444 e. The van der Waals surface area contributed by atoms with E-state index in [9.17, 15) is 4.79 Å². The van der Waals surface area contributed by atoms with Crippen LogP contribution in [-0.2, 0) is 24.2 Å². The number of benzene rings is 1. The van der Waals surface area contributed by atoms with E-state index in [4.69, 9.17) is 15.1 Å². The Morgan fingerprint density at radius 1 is 1.16 bits per heavy atom. The number of nitrogen functional groups attached to an aromatic ring is 1. The number of piperidine rings is 1. The van der Waals surface area contributed by atoms with Gasteiger partial charge in [0.2, 0.25) is 11.8 Å². The molecule has 2 aliphatic rings. The third-order valence-electron chi connectivity index (χ3n) is 7.56. The molecule has 4 aromatic rings. The molecule has 1 fully saturated rings. The van der Waals surface area contributed by atoms with E-state index in [0.29, 0.717) is 23.1 Å². The van der Waals surface area contributed by atoms with E-state index < -0.39 is 0 Å². The molecule has 1 amide bonds. The van der Waals surface area contributed by atoms with Gasteiger partial charge in [-0.2, -0.15) is 0 Å². The van der Waals surface area contributed by atoms with Crippen molar-refractivity contribution < 1.29 is 9.21 Å². The number of hydrogen-bond donors (Lipinski definition) is 1. The molecule has 0 radical (unpaired) electrons. The molecule has 0 saturated carbocycles. The minimum absolute atomic E-state index is 0.154. The van der Waals surface area contributed by atoms with Gasteiger partial charge in [0.1, 0.15) is 12.6 Å². The summed E-state index contributed by atoms with van der Waals surface area (Å²) in [6, 6.07) is 4.52. The van der Waals surface area contributed by atoms with E-state index in [1.807, 2.05) is 4.90 Å². The third-order valence-corrected chi connectivity index (χ3v) is 8.61. The summed E-state index contributed by atoms with van der Waals surface area (Å²) in [5.41, 5.74) is 11.3. The first-order valence-electron chi connectivity index (χ1n) is 13.0. The van der Waals surface area contributed by atoms with E-state index in [2.05, 4.69) is 31.7 Å². The van der Waals surface area contributed by atoms with E-state index >= 15 is 0 Å². The average Bonchev–Trinajstić information content (AvgIpc) is 3.56. The number of oxazole rings is 1. The second-order valence-corrected chi connectivity index (χ2v) is 11.0. The maximum absolute atomic E-state index is 11.9. The predicted molar refractivity (Wildman–Crippen MR) is 142 cm³/mol. The number of rotatable bonds is 6. The van der Waals surface area contributed by atoms with Crippen LogP contribution in [0.15, 0.2) is 45.4 Å². The maximum Gasteiger partial charge on any atom is 0.227 e. The van der Waals surface area contributed by atoms with Crippen LogP contribution in [0.25, 0.3) is 22.6 Å². The highest BCUT2D eigenvalue weighted by atomic mass is 32.2. The molecule has 0 bridgehead atoms. The van der Waals surface area contributed by atoms with Gasteiger partial charge >= 0.3 is 0 Å². The number of carbonyl (C=O) groups excluding carboxylic acids is 1. The van der Waals surface area contributed by atoms with Crippen LogP contribution >= 0.6 is 11.8 Å². The number of aromatic nitrogens is 5. The van der Waals surface area contributed by atoms with Gasteiger partial charge in [-0.3, -0.25) is 4.79 Å². The number of amides is 1. The molecular weight excluding hydrogens is 486 g/mol. The van der Waals surface area contributed by atoms with Gasteiger partial charge in [-0.15, -0.1) is 0 Å². The fraction of sp³-hybridized carbons (Fsp3) is 0.444. The fourth-order valence-corrected chi connectivity index (χ4v) is 6.66. The minimum atomic E-state index is 0.154. The van der Waals surface area contributed by atoms with Crippen LogP contribution in [0.3, 0.4) is 0 Å². The van der Waals surface area contributed by atoms with E-state index in [0.717, 1.165) is 73.0 Å². The van der Waals surface area contributed by atoms with Crippen molar-refractivity contribution in [2.24, 2.45) is 5.92 Å². The smallest absolute Gasteiger partial charge is 0.227 e. The normalized spacial score (nSPS) is 17.8. The number of hydrogen-bond acceptors (Lipinski definition) is 8. The van der Waals surface area contributed by atoms with Crippen LogP contribution in [0, 0.1) is 5.92 Å². The van der Waals surface area contributed by atoms with Gasteiger partial charge in [0.15, 0.2) is 22.1 Å². The molecule has 1 aromatic carbocycles. The number of nitrogens with zero attached hydrogens (tertiary/aromatic N) is 6. The highest BCUT2D eigenvalue weighted by molar-refractivity contribution is 7.99. The van der Waals surface area contributed by atoms with Crippen LogP contribution in [0.1, 0.15) is 50.2 Å². The van der Waals surface area contributed by atoms with E-state index in [-0.39, 0.29) is 5.91 Å². The molecule has 10 heteroatoms. The van der Waals surface area contributed by atoms with Crippen LogP contribution in [0.2, 0.25) is 0 Å². The number of nitrogens with two attached hydrogens (primary N) is 1. The van der Waals surface area contributed by atoms with Gasteiger partial charge < -0.3 is 19.6 Å². The van der Waals surface area contributed by atoms with Gasteiger partial charge in [-0.1, -0.05) is 11.8 Å². The summed E-state index contributed by atoms with van der Waals surface area (Å²) in [5.74, 6) is 1.59. The summed E-state index contributed by atoms with van der Waals surface area (Å²) in [4.78, 5) is 33.1. The number of anilines is 1. The molecular formula is C27H31N7O2S. The fourth-order valence-electron chi connectivity index (χ4n) is 5.58. The van der Waals surface area contributed by atoms with Crippen molar-refractivity contribution in [2.75, 3.05) is 18.8 Å². The second kappa shape index (κ2) is 10.2. The van der Waals surface area contributed by atoms with Crippen molar-refractivity contribution in [1.82, 2.24) is 29.4 Å². The molecule has 1 aliphatic carbocycles. The Hall–Kier alpha value is -3.40. The summed E-state index contributed by atoms with van der Waals surface area (Å²) in [5, 5.41) is 0.824. The summed E-state index contributed by atoms with van der Waals surface area (Å²) in [6.45, 7) is 4.06. The quantitative estimate of drug-likeness (QED) is 0.390. The van der Waals surface area contributed by atoms with Crippen LogP contribution < -0.4 is 5.73 Å². The van der Waals surface area contributed by atoms with Gasteiger partial charge in [0.05, 0.1) is 11.8 Å². The molecule has 1 aliphatic heterocycles.